The zero-order chi connectivity index (χ0) is 17.5. The first-order valence-corrected chi connectivity index (χ1v) is 7.90. The van der Waals surface area contributed by atoms with Crippen LogP contribution in [0, 0.1) is 11.3 Å². The van der Waals surface area contributed by atoms with Crippen LogP contribution in [0.4, 0.5) is 0 Å². The second-order valence-corrected chi connectivity index (χ2v) is 5.92. The normalized spacial score (nSPS) is 11.2. The molecule has 0 spiro atoms. The first-order valence-electron chi connectivity index (χ1n) is 7.90. The molecule has 0 saturated heterocycles. The van der Waals surface area contributed by atoms with Gasteiger partial charge in [-0.2, -0.15) is 5.26 Å². The quantitative estimate of drug-likeness (QED) is 0.569. The molecule has 0 radical (unpaired) electrons. The SMILES string of the molecule is CC(C)=CCCC(C)=CCOc1cccc2cc(C#N)c(=O)oc12. The van der Waals surface area contributed by atoms with Gasteiger partial charge in [-0.05, 0) is 51.8 Å². The number of nitrogens with zero attached hydrogens (tertiary/aromatic N) is 1. The molecule has 4 nitrogen and oxygen atoms in total. The molecule has 0 N–H and O–H groups in total. The lowest BCUT2D eigenvalue weighted by atomic mass is 10.1. The number of allylic oxidation sites excluding steroid dienone is 3. The number of hydrogen-bond donors (Lipinski definition) is 0. The Bertz CT molecular complexity index is 878. The van der Waals surface area contributed by atoms with Crippen molar-refractivity contribution in [3.8, 4) is 11.8 Å². The summed E-state index contributed by atoms with van der Waals surface area (Å²) in [5, 5.41) is 9.58. The molecule has 1 heterocycles. The highest BCUT2D eigenvalue weighted by molar-refractivity contribution is 5.83. The molecule has 124 valence electrons. The van der Waals surface area contributed by atoms with Crippen molar-refractivity contribution >= 4 is 11.0 Å². The molecule has 0 aliphatic rings. The van der Waals surface area contributed by atoms with Crippen molar-refractivity contribution in [2.24, 2.45) is 0 Å². The summed E-state index contributed by atoms with van der Waals surface area (Å²) in [5.41, 5.74) is 2.30. The Kier molecular flexibility index (Phi) is 5.97. The summed E-state index contributed by atoms with van der Waals surface area (Å²) in [6.07, 6.45) is 6.25. The summed E-state index contributed by atoms with van der Waals surface area (Å²) in [6, 6.07) is 8.70. The molecule has 0 unspecified atom stereocenters. The summed E-state index contributed by atoms with van der Waals surface area (Å²) < 4.78 is 11.0. The number of nitriles is 1. The first kappa shape index (κ1) is 17.6. The lowest BCUT2D eigenvalue weighted by Crippen LogP contribution is -2.04. The van der Waals surface area contributed by atoms with Crippen LogP contribution >= 0.6 is 0 Å². The third-order valence-electron chi connectivity index (χ3n) is 3.61. The molecule has 4 heteroatoms. The molecule has 1 aromatic heterocycles. The van der Waals surface area contributed by atoms with Gasteiger partial charge in [0.05, 0.1) is 0 Å². The predicted molar refractivity (Wildman–Crippen MR) is 95.1 cm³/mol. The predicted octanol–water partition coefficient (Wildman–Crippen LogP) is 4.74. The van der Waals surface area contributed by atoms with Gasteiger partial charge < -0.3 is 9.15 Å². The molecule has 2 rings (SSSR count). The monoisotopic (exact) mass is 323 g/mol. The van der Waals surface area contributed by atoms with Crippen LogP contribution in [-0.2, 0) is 0 Å². The van der Waals surface area contributed by atoms with Crippen LogP contribution in [0.2, 0.25) is 0 Å². The van der Waals surface area contributed by atoms with Crippen molar-refractivity contribution in [2.45, 2.75) is 33.6 Å². The highest BCUT2D eigenvalue weighted by Gasteiger charge is 2.09. The maximum atomic E-state index is 11.7. The van der Waals surface area contributed by atoms with Gasteiger partial charge in [0.2, 0.25) is 0 Å². The fourth-order valence-corrected chi connectivity index (χ4v) is 2.27. The third-order valence-corrected chi connectivity index (χ3v) is 3.61. The topological polar surface area (TPSA) is 63.2 Å². The Morgan fingerprint density at radius 1 is 1.29 bits per heavy atom. The Morgan fingerprint density at radius 2 is 2.08 bits per heavy atom. The minimum atomic E-state index is -0.644. The van der Waals surface area contributed by atoms with Gasteiger partial charge in [0.1, 0.15) is 18.2 Å². The molecule has 2 aromatic rings. The zero-order valence-electron chi connectivity index (χ0n) is 14.3. The van der Waals surface area contributed by atoms with E-state index in [9.17, 15) is 4.79 Å². The number of rotatable bonds is 6. The molecular weight excluding hydrogens is 302 g/mol. The number of benzene rings is 1. The molecule has 0 fully saturated rings. The summed E-state index contributed by atoms with van der Waals surface area (Å²) in [5.74, 6) is 0.502. The zero-order valence-corrected chi connectivity index (χ0v) is 14.3. The fraction of sp³-hybridized carbons (Fsp3) is 0.300. The Hall–Kier alpha value is -2.80. The molecule has 0 amide bonds. The molecule has 0 aliphatic carbocycles. The Balaban J connectivity index is 2.11. The molecule has 0 aliphatic heterocycles. The van der Waals surface area contributed by atoms with Gasteiger partial charge in [-0.3, -0.25) is 0 Å². The molecular formula is C20H21NO3. The van der Waals surface area contributed by atoms with Crippen molar-refractivity contribution < 1.29 is 9.15 Å². The van der Waals surface area contributed by atoms with E-state index in [0.717, 1.165) is 12.8 Å². The number of hydrogen-bond acceptors (Lipinski definition) is 4. The van der Waals surface area contributed by atoms with E-state index in [1.54, 1.807) is 12.1 Å². The van der Waals surface area contributed by atoms with Crippen LogP contribution in [0.1, 0.15) is 39.2 Å². The summed E-state index contributed by atoms with van der Waals surface area (Å²) in [6.45, 7) is 6.66. The summed E-state index contributed by atoms with van der Waals surface area (Å²) in [4.78, 5) is 11.7. The van der Waals surface area contributed by atoms with Crippen LogP contribution in [0.25, 0.3) is 11.0 Å². The van der Waals surface area contributed by atoms with Crippen LogP contribution in [0.5, 0.6) is 5.75 Å². The van der Waals surface area contributed by atoms with Crippen LogP contribution in [0.3, 0.4) is 0 Å². The van der Waals surface area contributed by atoms with Gasteiger partial charge in [-0.1, -0.05) is 29.4 Å². The lowest BCUT2D eigenvalue weighted by molar-refractivity contribution is 0.357. The van der Waals surface area contributed by atoms with Crippen molar-refractivity contribution in [3.05, 3.63) is 63.5 Å². The highest BCUT2D eigenvalue weighted by atomic mass is 16.5. The average Bonchev–Trinajstić information content (AvgIpc) is 2.54. The smallest absolute Gasteiger partial charge is 0.354 e. The van der Waals surface area contributed by atoms with Gasteiger partial charge in [-0.25, -0.2) is 4.79 Å². The first-order chi connectivity index (χ1) is 11.5. The summed E-state index contributed by atoms with van der Waals surface area (Å²) >= 11 is 0. The Morgan fingerprint density at radius 3 is 2.79 bits per heavy atom. The fourth-order valence-electron chi connectivity index (χ4n) is 2.27. The van der Waals surface area contributed by atoms with Gasteiger partial charge in [-0.15, -0.1) is 0 Å². The number of para-hydroxylation sites is 1. The van der Waals surface area contributed by atoms with Crippen LogP contribution in [0.15, 0.2) is 56.8 Å². The van der Waals surface area contributed by atoms with Crippen molar-refractivity contribution in [1.82, 2.24) is 0 Å². The maximum absolute atomic E-state index is 11.7. The Labute approximate surface area is 141 Å². The lowest BCUT2D eigenvalue weighted by Gasteiger charge is -2.07. The number of fused-ring (bicyclic) bond motifs is 1. The van der Waals surface area contributed by atoms with E-state index in [1.807, 2.05) is 18.2 Å². The second-order valence-electron chi connectivity index (χ2n) is 5.92. The minimum Gasteiger partial charge on any atom is -0.486 e. The van der Waals surface area contributed by atoms with E-state index in [2.05, 4.69) is 26.8 Å². The molecule has 1 aromatic carbocycles. The molecule has 24 heavy (non-hydrogen) atoms. The maximum Gasteiger partial charge on any atom is 0.354 e. The molecule has 0 atom stereocenters. The average molecular weight is 323 g/mol. The second kappa shape index (κ2) is 8.16. The number of ether oxygens (including phenoxy) is 1. The van der Waals surface area contributed by atoms with Crippen molar-refractivity contribution in [2.75, 3.05) is 6.61 Å². The minimum absolute atomic E-state index is 0.00494. The van der Waals surface area contributed by atoms with E-state index < -0.39 is 5.63 Å². The van der Waals surface area contributed by atoms with Gasteiger partial charge in [0.15, 0.2) is 11.3 Å². The third kappa shape index (κ3) is 4.60. The van der Waals surface area contributed by atoms with Crippen molar-refractivity contribution in [1.29, 1.82) is 5.26 Å². The highest BCUT2D eigenvalue weighted by Crippen LogP contribution is 2.25. The van der Waals surface area contributed by atoms with Gasteiger partial charge in [0.25, 0.3) is 0 Å². The van der Waals surface area contributed by atoms with Crippen molar-refractivity contribution in [3.63, 3.8) is 0 Å². The molecule has 0 saturated carbocycles. The summed E-state index contributed by atoms with van der Waals surface area (Å²) in [7, 11) is 0. The van der Waals surface area contributed by atoms with Crippen LogP contribution in [-0.4, -0.2) is 6.61 Å². The van der Waals surface area contributed by atoms with E-state index in [4.69, 9.17) is 14.4 Å². The van der Waals surface area contributed by atoms with E-state index >= 15 is 0 Å². The standard InChI is InChI=1S/C20H21NO3/c1-14(2)6-4-7-15(3)10-11-23-18-9-5-8-16-12-17(13-21)20(22)24-19(16)18/h5-6,8-10,12H,4,7,11H2,1-3H3. The molecule has 0 bridgehead atoms. The van der Waals surface area contributed by atoms with E-state index in [1.165, 1.54) is 17.2 Å². The van der Waals surface area contributed by atoms with Gasteiger partial charge in [0, 0.05) is 5.39 Å². The van der Waals surface area contributed by atoms with E-state index in [0.29, 0.717) is 23.3 Å². The van der Waals surface area contributed by atoms with Gasteiger partial charge >= 0.3 is 5.63 Å². The largest absolute Gasteiger partial charge is 0.486 e. The van der Waals surface area contributed by atoms with E-state index in [-0.39, 0.29) is 5.56 Å². The van der Waals surface area contributed by atoms with Crippen LogP contribution < -0.4 is 10.4 Å².